The van der Waals surface area contributed by atoms with E-state index >= 15 is 4.39 Å². The summed E-state index contributed by atoms with van der Waals surface area (Å²) < 4.78 is 21.1. The van der Waals surface area contributed by atoms with Crippen LogP contribution < -0.4 is 20.7 Å². The van der Waals surface area contributed by atoms with Crippen LogP contribution in [0.5, 0.6) is 5.88 Å². The van der Waals surface area contributed by atoms with Crippen LogP contribution in [0.3, 0.4) is 0 Å². The minimum Gasteiger partial charge on any atom is -0.481 e. The highest BCUT2D eigenvalue weighted by Gasteiger charge is 2.22. The summed E-state index contributed by atoms with van der Waals surface area (Å²) in [5, 5.41) is 19.3. The molecule has 13 heteroatoms. The lowest BCUT2D eigenvalue weighted by molar-refractivity contribution is -0.129. The number of aromatic nitrogens is 3. The number of carbonyl (C=O) groups excluding carboxylic acids is 1. The fourth-order valence-electron chi connectivity index (χ4n) is 5.36. The van der Waals surface area contributed by atoms with Crippen molar-refractivity contribution in [3.63, 3.8) is 0 Å². The lowest BCUT2D eigenvalue weighted by atomic mass is 10.0. The number of rotatable bonds is 12. The van der Waals surface area contributed by atoms with Gasteiger partial charge in [-0.15, -0.1) is 0 Å². The third kappa shape index (κ3) is 7.73. The van der Waals surface area contributed by atoms with Crippen molar-refractivity contribution < 1.29 is 19.0 Å². The number of carbonyl (C=O) groups is 1. The Bertz CT molecular complexity index is 1690. The van der Waals surface area contributed by atoms with E-state index < -0.39 is 5.82 Å². The Labute approximate surface area is 277 Å². The Hall–Kier alpha value is -3.87. The predicted molar refractivity (Wildman–Crippen MR) is 178 cm³/mol. The first-order chi connectivity index (χ1) is 22.3. The first-order valence-electron chi connectivity index (χ1n) is 15.0. The quantitative estimate of drug-likeness (QED) is 0.143. The molecule has 5 rings (SSSR count). The van der Waals surface area contributed by atoms with Gasteiger partial charge >= 0.3 is 0 Å². The van der Waals surface area contributed by atoms with Crippen molar-refractivity contribution in [1.82, 2.24) is 30.5 Å². The second kappa shape index (κ2) is 15.6. The van der Waals surface area contributed by atoms with Crippen LogP contribution in [0.25, 0.3) is 22.5 Å². The van der Waals surface area contributed by atoms with Crippen molar-refractivity contribution in [2.24, 2.45) is 0 Å². The van der Waals surface area contributed by atoms with Gasteiger partial charge in [-0.1, -0.05) is 41.4 Å². The Morgan fingerprint density at radius 1 is 1.02 bits per heavy atom. The number of pyridine rings is 3. The monoisotopic (exact) mass is 667 g/mol. The second-order valence-corrected chi connectivity index (χ2v) is 11.6. The average molecular weight is 669 g/mol. The molecule has 1 aromatic carbocycles. The summed E-state index contributed by atoms with van der Waals surface area (Å²) in [7, 11) is 1.55. The third-order valence-electron chi connectivity index (χ3n) is 7.90. The van der Waals surface area contributed by atoms with Crippen LogP contribution in [0, 0.1) is 5.82 Å². The third-order valence-corrected chi connectivity index (χ3v) is 8.69. The van der Waals surface area contributed by atoms with E-state index in [9.17, 15) is 4.79 Å². The summed E-state index contributed by atoms with van der Waals surface area (Å²) in [5.74, 6) is 0.0787. The fourth-order valence-corrected chi connectivity index (χ4v) is 5.93. The predicted octanol–water partition coefficient (Wildman–Crippen LogP) is 5.59. The number of methoxy groups -OCH3 is 1. The molecule has 242 valence electrons. The summed E-state index contributed by atoms with van der Waals surface area (Å²) >= 11 is 13.8. The zero-order valence-corrected chi connectivity index (χ0v) is 27.1. The molecule has 0 aliphatic carbocycles. The normalized spacial score (nSPS) is 13.6. The van der Waals surface area contributed by atoms with Crippen molar-refractivity contribution in [2.75, 3.05) is 38.7 Å². The van der Waals surface area contributed by atoms with E-state index in [4.69, 9.17) is 33.0 Å². The topological polar surface area (TPSA) is 125 Å². The van der Waals surface area contributed by atoms with E-state index in [1.165, 1.54) is 0 Å². The van der Waals surface area contributed by atoms with Crippen molar-refractivity contribution in [1.29, 1.82) is 0 Å². The van der Waals surface area contributed by atoms with Crippen molar-refractivity contribution >= 4 is 40.6 Å². The van der Waals surface area contributed by atoms with Gasteiger partial charge < -0.3 is 30.7 Å². The van der Waals surface area contributed by atoms with E-state index in [0.29, 0.717) is 82.4 Å². The second-order valence-electron chi connectivity index (χ2n) is 10.9. The van der Waals surface area contributed by atoms with Gasteiger partial charge in [-0.2, -0.15) is 0 Å². The van der Waals surface area contributed by atoms with Crippen LogP contribution >= 0.6 is 23.2 Å². The summed E-state index contributed by atoms with van der Waals surface area (Å²) in [6, 6.07) is 12.6. The minimum atomic E-state index is -0.481. The molecule has 1 saturated heterocycles. The van der Waals surface area contributed by atoms with E-state index in [-0.39, 0.29) is 24.4 Å². The molecule has 3 aromatic heterocycles. The lowest BCUT2D eigenvalue weighted by Crippen LogP contribution is -2.44. The molecular weight excluding hydrogens is 632 g/mol. The zero-order valence-electron chi connectivity index (χ0n) is 25.6. The van der Waals surface area contributed by atoms with Gasteiger partial charge in [-0.25, -0.2) is 14.4 Å². The number of nitrogens with zero attached hydrogens (tertiary/aromatic N) is 4. The van der Waals surface area contributed by atoms with Crippen LogP contribution in [0.2, 0.25) is 10.0 Å². The average Bonchev–Trinajstić information content (AvgIpc) is 3.07. The standard InChI is InChI=1S/C33H36Cl2FN7O3/c1-20(45)43-15-10-23(11-16-43)40-19-21-8-12-39-32(30(21)36)41-27-5-3-4-25(28(27)34)31-29(35)24(9-13-38-31)26-7-6-22(18-37-14-17-44)33(42-26)46-2/h3-9,12-13,23,37,40,44H,10-11,14-19H2,1-2H3,(H,39,41). The number of amides is 1. The maximum Gasteiger partial charge on any atom is 0.219 e. The number of halogens is 3. The Morgan fingerprint density at radius 3 is 2.54 bits per heavy atom. The van der Waals surface area contributed by atoms with Crippen molar-refractivity contribution in [3.05, 3.63) is 81.8 Å². The summed E-state index contributed by atoms with van der Waals surface area (Å²) in [6.07, 6.45) is 4.81. The zero-order chi connectivity index (χ0) is 32.6. The molecule has 0 radical (unpaired) electrons. The number of piperidine rings is 1. The molecule has 1 fully saturated rings. The van der Waals surface area contributed by atoms with Gasteiger partial charge in [0, 0.05) is 80.3 Å². The highest BCUT2D eigenvalue weighted by Crippen LogP contribution is 2.41. The van der Waals surface area contributed by atoms with Gasteiger partial charge in [0.25, 0.3) is 0 Å². The molecule has 0 unspecified atom stereocenters. The number of aliphatic hydroxyl groups is 1. The van der Waals surface area contributed by atoms with Gasteiger partial charge in [0.15, 0.2) is 11.6 Å². The van der Waals surface area contributed by atoms with Gasteiger partial charge in [-0.3, -0.25) is 9.78 Å². The molecule has 0 bridgehead atoms. The number of benzene rings is 1. The van der Waals surface area contributed by atoms with Crippen LogP contribution in [-0.4, -0.2) is 70.3 Å². The number of anilines is 2. The molecule has 1 amide bonds. The summed E-state index contributed by atoms with van der Waals surface area (Å²) in [4.78, 5) is 26.8. The van der Waals surface area contributed by atoms with E-state index in [1.54, 1.807) is 56.8 Å². The van der Waals surface area contributed by atoms with Gasteiger partial charge in [-0.05, 0) is 37.1 Å². The van der Waals surface area contributed by atoms with Crippen LogP contribution in [0.1, 0.15) is 30.9 Å². The number of hydrogen-bond acceptors (Lipinski definition) is 9. The van der Waals surface area contributed by atoms with Gasteiger partial charge in [0.1, 0.15) is 0 Å². The number of nitrogens with one attached hydrogen (secondary N) is 3. The van der Waals surface area contributed by atoms with Crippen LogP contribution in [0.4, 0.5) is 15.9 Å². The maximum absolute atomic E-state index is 15.6. The largest absolute Gasteiger partial charge is 0.481 e. The van der Waals surface area contributed by atoms with E-state index in [0.717, 1.165) is 18.4 Å². The Kier molecular flexibility index (Phi) is 11.4. The highest BCUT2D eigenvalue weighted by atomic mass is 35.5. The van der Waals surface area contributed by atoms with Gasteiger partial charge in [0.05, 0.1) is 40.8 Å². The fraction of sp³-hybridized carbons (Fsp3) is 0.333. The number of aliphatic hydroxyl groups excluding tert-OH is 1. The summed E-state index contributed by atoms with van der Waals surface area (Å²) in [5.41, 5.74) is 3.94. The number of hydrogen-bond donors (Lipinski definition) is 4. The lowest BCUT2D eigenvalue weighted by Gasteiger charge is -2.31. The number of likely N-dealkylation sites (tertiary alicyclic amines) is 1. The van der Waals surface area contributed by atoms with E-state index in [2.05, 4.69) is 30.9 Å². The molecule has 46 heavy (non-hydrogen) atoms. The molecule has 1 aliphatic heterocycles. The van der Waals surface area contributed by atoms with E-state index in [1.807, 2.05) is 17.0 Å². The number of ether oxygens (including phenoxy) is 1. The molecule has 0 spiro atoms. The first-order valence-corrected chi connectivity index (χ1v) is 15.7. The molecule has 10 nitrogen and oxygen atoms in total. The Balaban J connectivity index is 1.34. The molecular formula is C33H36Cl2FN7O3. The molecule has 1 aliphatic rings. The molecule has 4 heterocycles. The van der Waals surface area contributed by atoms with Crippen LogP contribution in [-0.2, 0) is 17.9 Å². The molecule has 0 atom stereocenters. The van der Waals surface area contributed by atoms with Crippen molar-refractivity contribution in [3.8, 4) is 28.4 Å². The Morgan fingerprint density at radius 2 is 1.80 bits per heavy atom. The van der Waals surface area contributed by atoms with Gasteiger partial charge in [0.2, 0.25) is 11.8 Å². The minimum absolute atomic E-state index is 0.0299. The highest BCUT2D eigenvalue weighted by molar-refractivity contribution is 6.39. The van der Waals surface area contributed by atoms with Crippen LogP contribution in [0.15, 0.2) is 54.9 Å². The first kappa shape index (κ1) is 33.5. The summed E-state index contributed by atoms with van der Waals surface area (Å²) in [6.45, 7) is 4.25. The maximum atomic E-state index is 15.6. The molecule has 4 aromatic rings. The molecule has 4 N–H and O–H groups in total. The van der Waals surface area contributed by atoms with Crippen molar-refractivity contribution in [2.45, 2.75) is 38.9 Å². The smallest absolute Gasteiger partial charge is 0.219 e. The molecule has 0 saturated carbocycles. The SMILES string of the molecule is COc1nc(-c2ccnc(-c3cccc(Nc4nccc(CNC5CCN(C(C)=O)CC5)c4F)c3Cl)c2Cl)ccc1CNCCO.